The third kappa shape index (κ3) is 2.54. The third-order valence-corrected chi connectivity index (χ3v) is 6.89. The van der Waals surface area contributed by atoms with Crippen LogP contribution in [0.3, 0.4) is 0 Å². The summed E-state index contributed by atoms with van der Waals surface area (Å²) >= 11 is 6.10. The average Bonchev–Trinajstić information content (AvgIpc) is 3.27. The molecule has 0 saturated carbocycles. The molecule has 140 valence electrons. The molecule has 0 aromatic heterocycles. The largest absolute Gasteiger partial charge is 0.336 e. The van der Waals surface area contributed by atoms with Gasteiger partial charge in [-0.2, -0.15) is 0 Å². The number of nitrogens with zero attached hydrogens (tertiary/aromatic N) is 2. The Morgan fingerprint density at radius 3 is 2.85 bits per heavy atom. The molecular formula is C22H22ClFN2O. The van der Waals surface area contributed by atoms with Gasteiger partial charge in [0.2, 0.25) is 5.91 Å². The number of benzene rings is 2. The standard InChI is InChI=1S/C22H22ClFN2O/c23-17-6-3-5-15(11-17)13-25-14-16-12-20(18-7-1-2-8-19(18)24)26-10-4-9-22(16,26)21(25)27/h1-3,5-8,11,16,20H,4,9-10,12-14H2/t16-,20-,22-/m0/s1. The summed E-state index contributed by atoms with van der Waals surface area (Å²) in [6.07, 6.45) is 2.73. The molecule has 0 bridgehead atoms. The highest BCUT2D eigenvalue weighted by molar-refractivity contribution is 6.30. The number of hydrogen-bond donors (Lipinski definition) is 0. The molecular weight excluding hydrogens is 363 g/mol. The van der Waals surface area contributed by atoms with Gasteiger partial charge in [-0.1, -0.05) is 41.9 Å². The van der Waals surface area contributed by atoms with Gasteiger partial charge in [-0.15, -0.1) is 0 Å². The fourth-order valence-electron chi connectivity index (χ4n) is 5.61. The lowest BCUT2D eigenvalue weighted by Crippen LogP contribution is -2.49. The van der Waals surface area contributed by atoms with E-state index < -0.39 is 5.54 Å². The SMILES string of the molecule is O=C1N(Cc2cccc(Cl)c2)C[C@@H]2C[C@@H](c3ccccc3F)N3CCC[C@@]123. The van der Waals surface area contributed by atoms with Gasteiger partial charge in [-0.3, -0.25) is 9.69 Å². The predicted octanol–water partition coefficient (Wildman–Crippen LogP) is 4.42. The molecule has 2 aromatic rings. The van der Waals surface area contributed by atoms with Gasteiger partial charge in [-0.25, -0.2) is 4.39 Å². The van der Waals surface area contributed by atoms with Crippen LogP contribution in [-0.2, 0) is 11.3 Å². The summed E-state index contributed by atoms with van der Waals surface area (Å²) in [5.74, 6) is 0.313. The number of halogens is 2. The van der Waals surface area contributed by atoms with Gasteiger partial charge in [0.15, 0.2) is 0 Å². The molecule has 1 amide bonds. The van der Waals surface area contributed by atoms with E-state index in [1.165, 1.54) is 6.07 Å². The van der Waals surface area contributed by atoms with Gasteiger partial charge >= 0.3 is 0 Å². The van der Waals surface area contributed by atoms with E-state index in [4.69, 9.17) is 11.6 Å². The highest BCUT2D eigenvalue weighted by Gasteiger charge is 2.65. The van der Waals surface area contributed by atoms with Crippen molar-refractivity contribution in [3.8, 4) is 0 Å². The van der Waals surface area contributed by atoms with Crippen LogP contribution in [0.15, 0.2) is 48.5 Å². The lowest BCUT2D eigenvalue weighted by molar-refractivity contribution is -0.137. The zero-order valence-corrected chi connectivity index (χ0v) is 15.8. The van der Waals surface area contributed by atoms with Gasteiger partial charge in [0.1, 0.15) is 11.4 Å². The van der Waals surface area contributed by atoms with E-state index in [-0.39, 0.29) is 23.7 Å². The number of carbonyl (C=O) groups is 1. The lowest BCUT2D eigenvalue weighted by Gasteiger charge is -2.33. The Balaban J connectivity index is 1.44. The van der Waals surface area contributed by atoms with Crippen LogP contribution in [0.2, 0.25) is 5.02 Å². The van der Waals surface area contributed by atoms with Crippen molar-refractivity contribution in [2.75, 3.05) is 13.1 Å². The minimum absolute atomic E-state index is 0.0102. The molecule has 0 N–H and O–H groups in total. The molecule has 5 rings (SSSR count). The van der Waals surface area contributed by atoms with E-state index >= 15 is 0 Å². The maximum absolute atomic E-state index is 14.4. The Bertz CT molecular complexity index is 903. The highest BCUT2D eigenvalue weighted by Crippen LogP contribution is 2.56. The van der Waals surface area contributed by atoms with Crippen LogP contribution in [0.1, 0.15) is 36.4 Å². The van der Waals surface area contributed by atoms with E-state index in [2.05, 4.69) is 4.90 Å². The van der Waals surface area contributed by atoms with Crippen molar-refractivity contribution in [3.63, 3.8) is 0 Å². The first-order valence-corrected chi connectivity index (χ1v) is 10.0. The maximum atomic E-state index is 14.4. The molecule has 3 fully saturated rings. The van der Waals surface area contributed by atoms with Crippen molar-refractivity contribution >= 4 is 17.5 Å². The lowest BCUT2D eigenvalue weighted by atomic mass is 9.85. The molecule has 5 heteroatoms. The molecule has 2 aromatic carbocycles. The second-order valence-electron chi connectivity index (χ2n) is 8.01. The molecule has 3 atom stereocenters. The van der Waals surface area contributed by atoms with Gasteiger partial charge in [0, 0.05) is 35.6 Å². The quantitative estimate of drug-likeness (QED) is 0.782. The van der Waals surface area contributed by atoms with Crippen LogP contribution >= 0.6 is 11.6 Å². The minimum atomic E-state index is -0.439. The third-order valence-electron chi connectivity index (χ3n) is 6.65. The molecule has 27 heavy (non-hydrogen) atoms. The summed E-state index contributed by atoms with van der Waals surface area (Å²) in [6.45, 7) is 2.20. The van der Waals surface area contributed by atoms with Gasteiger partial charge in [0.25, 0.3) is 0 Å². The van der Waals surface area contributed by atoms with Gasteiger partial charge < -0.3 is 4.90 Å². The maximum Gasteiger partial charge on any atom is 0.243 e. The monoisotopic (exact) mass is 384 g/mol. The number of amides is 1. The summed E-state index contributed by atoms with van der Waals surface area (Å²) in [6, 6.07) is 14.7. The molecule has 3 saturated heterocycles. The van der Waals surface area contributed by atoms with E-state index in [1.54, 1.807) is 6.07 Å². The van der Waals surface area contributed by atoms with Crippen molar-refractivity contribution in [1.82, 2.24) is 9.80 Å². The zero-order valence-electron chi connectivity index (χ0n) is 15.1. The predicted molar refractivity (Wildman–Crippen MR) is 103 cm³/mol. The smallest absolute Gasteiger partial charge is 0.243 e. The van der Waals surface area contributed by atoms with Crippen LogP contribution in [0.25, 0.3) is 0 Å². The summed E-state index contributed by atoms with van der Waals surface area (Å²) in [5.41, 5.74) is 1.36. The zero-order chi connectivity index (χ0) is 18.6. The average molecular weight is 385 g/mol. The van der Waals surface area contributed by atoms with Crippen molar-refractivity contribution in [2.45, 2.75) is 37.4 Å². The van der Waals surface area contributed by atoms with E-state index in [0.717, 1.165) is 43.5 Å². The van der Waals surface area contributed by atoms with E-state index in [0.29, 0.717) is 11.6 Å². The number of rotatable bonds is 3. The van der Waals surface area contributed by atoms with Crippen LogP contribution in [0.4, 0.5) is 4.39 Å². The van der Waals surface area contributed by atoms with Gasteiger partial charge in [0.05, 0.1) is 0 Å². The fraction of sp³-hybridized carbons (Fsp3) is 0.409. The summed E-state index contributed by atoms with van der Waals surface area (Å²) in [5, 5.41) is 0.694. The number of hydrogen-bond acceptors (Lipinski definition) is 2. The molecule has 3 aliphatic heterocycles. The normalized spacial score (nSPS) is 30.0. The molecule has 3 aliphatic rings. The van der Waals surface area contributed by atoms with Crippen molar-refractivity contribution in [3.05, 3.63) is 70.5 Å². The van der Waals surface area contributed by atoms with Crippen molar-refractivity contribution < 1.29 is 9.18 Å². The Morgan fingerprint density at radius 2 is 2.04 bits per heavy atom. The van der Waals surface area contributed by atoms with Crippen LogP contribution in [-0.4, -0.2) is 34.3 Å². The van der Waals surface area contributed by atoms with Gasteiger partial charge in [-0.05, 0) is 49.6 Å². The first kappa shape index (κ1) is 17.2. The second kappa shape index (κ2) is 6.32. The topological polar surface area (TPSA) is 23.6 Å². The first-order valence-electron chi connectivity index (χ1n) is 9.64. The van der Waals surface area contributed by atoms with Crippen molar-refractivity contribution in [2.24, 2.45) is 5.92 Å². The summed E-state index contributed by atoms with van der Waals surface area (Å²) in [4.78, 5) is 17.8. The van der Waals surface area contributed by atoms with E-state index in [9.17, 15) is 9.18 Å². The Labute approximate surface area is 163 Å². The molecule has 0 unspecified atom stereocenters. The minimum Gasteiger partial charge on any atom is -0.336 e. The summed E-state index contributed by atoms with van der Waals surface area (Å²) < 4.78 is 14.4. The number of carbonyl (C=O) groups excluding carboxylic acids is 1. The van der Waals surface area contributed by atoms with Crippen LogP contribution in [0, 0.1) is 11.7 Å². The molecule has 0 aliphatic carbocycles. The Kier molecular flexibility index (Phi) is 4.03. The molecule has 0 radical (unpaired) electrons. The van der Waals surface area contributed by atoms with Crippen LogP contribution in [0.5, 0.6) is 0 Å². The first-order chi connectivity index (χ1) is 13.1. The summed E-state index contributed by atoms with van der Waals surface area (Å²) in [7, 11) is 0. The van der Waals surface area contributed by atoms with E-state index in [1.807, 2.05) is 41.3 Å². The fourth-order valence-corrected chi connectivity index (χ4v) is 5.82. The number of likely N-dealkylation sites (tertiary alicyclic amines) is 1. The second-order valence-corrected chi connectivity index (χ2v) is 8.44. The van der Waals surface area contributed by atoms with Crippen LogP contribution < -0.4 is 0 Å². The van der Waals surface area contributed by atoms with Crippen molar-refractivity contribution in [1.29, 1.82) is 0 Å². The molecule has 1 spiro atoms. The highest BCUT2D eigenvalue weighted by atomic mass is 35.5. The Morgan fingerprint density at radius 1 is 1.19 bits per heavy atom. The molecule has 3 heterocycles. The Hall–Kier alpha value is -1.91. The molecule has 3 nitrogen and oxygen atoms in total.